The van der Waals surface area contributed by atoms with Gasteiger partial charge in [0.05, 0.1) is 13.1 Å². The number of nitrogens with zero attached hydrogens (tertiary/aromatic N) is 1. The normalized spacial score (nSPS) is 21.9. The highest BCUT2D eigenvalue weighted by molar-refractivity contribution is 5.75. The number of ether oxygens (including phenoxy) is 3. The Morgan fingerprint density at radius 1 is 1.33 bits per heavy atom. The predicted molar refractivity (Wildman–Crippen MR) is 71.5 cm³/mol. The number of carboxylic acids is 1. The van der Waals surface area contributed by atoms with Crippen LogP contribution < -0.4 is 0 Å². The minimum absolute atomic E-state index is 0.0667. The molecule has 0 spiro atoms. The number of methoxy groups -OCH3 is 1. The first kappa shape index (κ1) is 15.3. The van der Waals surface area contributed by atoms with Crippen LogP contribution in [0.3, 0.4) is 0 Å². The minimum Gasteiger partial charge on any atom is -0.479 e. The van der Waals surface area contributed by atoms with Crippen LogP contribution in [-0.4, -0.2) is 54.7 Å². The fraction of sp³-hybridized carbons (Fsp3) is 0.429. The standard InChI is InChI=1S/C14H17NO6/c1-19-12-8-15(7-11(21-12)13(16)17)14(18)20-9-10-5-3-2-4-6-10/h2-6,11-12H,7-9H2,1H3,(H,16,17)/t11-,12-/m0/s1. The molecule has 0 unspecified atom stereocenters. The molecule has 1 aliphatic rings. The Kier molecular flexibility index (Phi) is 5.13. The SMILES string of the molecule is CO[C@@H]1CN(C(=O)OCc2ccccc2)C[C@@H](C(=O)O)O1. The third-order valence-corrected chi connectivity index (χ3v) is 3.07. The highest BCUT2D eigenvalue weighted by atomic mass is 16.7. The van der Waals surface area contributed by atoms with Gasteiger partial charge in [-0.3, -0.25) is 4.90 Å². The van der Waals surface area contributed by atoms with E-state index < -0.39 is 24.5 Å². The van der Waals surface area contributed by atoms with Crippen LogP contribution in [0.1, 0.15) is 5.56 Å². The van der Waals surface area contributed by atoms with E-state index in [1.54, 1.807) is 0 Å². The van der Waals surface area contributed by atoms with E-state index in [-0.39, 0.29) is 19.7 Å². The van der Waals surface area contributed by atoms with Gasteiger partial charge in [0.1, 0.15) is 6.61 Å². The quantitative estimate of drug-likeness (QED) is 0.894. The summed E-state index contributed by atoms with van der Waals surface area (Å²) in [6.07, 6.45) is -2.48. The Morgan fingerprint density at radius 3 is 2.67 bits per heavy atom. The largest absolute Gasteiger partial charge is 0.479 e. The van der Waals surface area contributed by atoms with Crippen molar-refractivity contribution in [3.8, 4) is 0 Å². The molecule has 0 aliphatic carbocycles. The number of hydrogen-bond acceptors (Lipinski definition) is 5. The summed E-state index contributed by atoms with van der Waals surface area (Å²) in [6.45, 7) is 0.198. The van der Waals surface area contributed by atoms with E-state index in [4.69, 9.17) is 19.3 Å². The minimum atomic E-state index is -1.14. The highest BCUT2D eigenvalue weighted by Crippen LogP contribution is 2.14. The second-order valence-electron chi connectivity index (χ2n) is 4.57. The maximum absolute atomic E-state index is 12.0. The summed E-state index contributed by atoms with van der Waals surface area (Å²) in [5.74, 6) is -1.14. The summed E-state index contributed by atoms with van der Waals surface area (Å²) in [4.78, 5) is 24.3. The van der Waals surface area contributed by atoms with E-state index in [1.807, 2.05) is 30.3 Å². The lowest BCUT2D eigenvalue weighted by atomic mass is 10.2. The Hall–Kier alpha value is -2.12. The van der Waals surface area contributed by atoms with Gasteiger partial charge in [0.25, 0.3) is 0 Å². The fourth-order valence-electron chi connectivity index (χ4n) is 1.95. The second-order valence-corrected chi connectivity index (χ2v) is 4.57. The lowest BCUT2D eigenvalue weighted by Gasteiger charge is -2.34. The Labute approximate surface area is 122 Å². The van der Waals surface area contributed by atoms with Crippen molar-refractivity contribution in [1.82, 2.24) is 4.90 Å². The number of carbonyl (C=O) groups is 2. The number of morpholine rings is 1. The summed E-state index contributed by atoms with van der Waals surface area (Å²) >= 11 is 0. The maximum Gasteiger partial charge on any atom is 0.410 e. The summed E-state index contributed by atoms with van der Waals surface area (Å²) in [6, 6.07) is 9.24. The average molecular weight is 295 g/mol. The number of carbonyl (C=O) groups excluding carboxylic acids is 1. The number of hydrogen-bond donors (Lipinski definition) is 1. The van der Waals surface area contributed by atoms with Crippen LogP contribution in [0.5, 0.6) is 0 Å². The molecule has 1 fully saturated rings. The van der Waals surface area contributed by atoms with Crippen LogP contribution in [0.2, 0.25) is 0 Å². The van der Waals surface area contributed by atoms with Crippen molar-refractivity contribution >= 4 is 12.1 Å². The smallest absolute Gasteiger partial charge is 0.410 e. The Morgan fingerprint density at radius 2 is 2.05 bits per heavy atom. The lowest BCUT2D eigenvalue weighted by Crippen LogP contribution is -2.53. The highest BCUT2D eigenvalue weighted by Gasteiger charge is 2.35. The topological polar surface area (TPSA) is 85.3 Å². The number of amides is 1. The molecular weight excluding hydrogens is 278 g/mol. The molecule has 7 nitrogen and oxygen atoms in total. The third-order valence-electron chi connectivity index (χ3n) is 3.07. The first-order valence-corrected chi connectivity index (χ1v) is 6.47. The van der Waals surface area contributed by atoms with Crippen molar-refractivity contribution < 1.29 is 28.9 Å². The summed E-state index contributed by atoms with van der Waals surface area (Å²) in [5, 5.41) is 9.00. The van der Waals surface area contributed by atoms with E-state index in [1.165, 1.54) is 12.0 Å². The zero-order valence-corrected chi connectivity index (χ0v) is 11.6. The van der Waals surface area contributed by atoms with Gasteiger partial charge in [-0.1, -0.05) is 30.3 Å². The molecule has 21 heavy (non-hydrogen) atoms. The number of carboxylic acid groups (broad SMARTS) is 1. The zero-order chi connectivity index (χ0) is 15.2. The molecule has 1 N–H and O–H groups in total. The Bertz CT molecular complexity index is 491. The van der Waals surface area contributed by atoms with Gasteiger partial charge in [-0.25, -0.2) is 9.59 Å². The van der Waals surface area contributed by atoms with Crippen molar-refractivity contribution in [2.24, 2.45) is 0 Å². The van der Waals surface area contributed by atoms with Crippen molar-refractivity contribution in [1.29, 1.82) is 0 Å². The van der Waals surface area contributed by atoms with Crippen LogP contribution in [0.15, 0.2) is 30.3 Å². The molecule has 2 rings (SSSR count). The van der Waals surface area contributed by atoms with Gasteiger partial charge in [0.2, 0.25) is 0 Å². The molecule has 1 amide bonds. The van der Waals surface area contributed by atoms with Crippen LogP contribution in [0, 0.1) is 0 Å². The molecule has 1 heterocycles. The number of aliphatic carboxylic acids is 1. The second kappa shape index (κ2) is 7.05. The van der Waals surface area contributed by atoms with Gasteiger partial charge in [0, 0.05) is 7.11 Å². The van der Waals surface area contributed by atoms with Gasteiger partial charge in [0.15, 0.2) is 12.4 Å². The zero-order valence-electron chi connectivity index (χ0n) is 11.6. The molecule has 1 aromatic rings. The van der Waals surface area contributed by atoms with Crippen molar-refractivity contribution in [2.45, 2.75) is 19.0 Å². The van der Waals surface area contributed by atoms with Gasteiger partial charge < -0.3 is 19.3 Å². The molecule has 7 heteroatoms. The summed E-state index contributed by atoms with van der Waals surface area (Å²) in [5.41, 5.74) is 0.859. The van der Waals surface area contributed by atoms with Crippen molar-refractivity contribution in [2.75, 3.05) is 20.2 Å². The first-order valence-electron chi connectivity index (χ1n) is 6.47. The van der Waals surface area contributed by atoms with E-state index >= 15 is 0 Å². The van der Waals surface area contributed by atoms with Crippen LogP contribution in [0.4, 0.5) is 4.79 Å². The molecule has 1 aliphatic heterocycles. The van der Waals surface area contributed by atoms with Gasteiger partial charge in [-0.15, -0.1) is 0 Å². The third kappa shape index (κ3) is 4.17. The lowest BCUT2D eigenvalue weighted by molar-refractivity contribution is -0.205. The van der Waals surface area contributed by atoms with Crippen LogP contribution in [-0.2, 0) is 25.6 Å². The number of benzene rings is 1. The van der Waals surface area contributed by atoms with Gasteiger partial charge >= 0.3 is 12.1 Å². The molecule has 0 radical (unpaired) electrons. The van der Waals surface area contributed by atoms with E-state index in [2.05, 4.69) is 0 Å². The summed E-state index contributed by atoms with van der Waals surface area (Å²) in [7, 11) is 1.39. The molecule has 0 bridgehead atoms. The Balaban J connectivity index is 1.92. The van der Waals surface area contributed by atoms with Crippen molar-refractivity contribution in [3.05, 3.63) is 35.9 Å². The average Bonchev–Trinajstić information content (AvgIpc) is 2.53. The monoisotopic (exact) mass is 295 g/mol. The van der Waals surface area contributed by atoms with Crippen LogP contribution >= 0.6 is 0 Å². The molecule has 1 saturated heterocycles. The summed E-state index contributed by atoms with van der Waals surface area (Å²) < 4.78 is 15.3. The van der Waals surface area contributed by atoms with E-state index in [0.717, 1.165) is 5.56 Å². The van der Waals surface area contributed by atoms with Crippen molar-refractivity contribution in [3.63, 3.8) is 0 Å². The molecule has 0 saturated carbocycles. The molecule has 114 valence electrons. The van der Waals surface area contributed by atoms with E-state index in [0.29, 0.717) is 0 Å². The molecular formula is C14H17NO6. The van der Waals surface area contributed by atoms with E-state index in [9.17, 15) is 9.59 Å². The molecule has 2 atom stereocenters. The van der Waals surface area contributed by atoms with Crippen LogP contribution in [0.25, 0.3) is 0 Å². The maximum atomic E-state index is 12.0. The predicted octanol–water partition coefficient (Wildman–Crippen LogP) is 1.08. The first-order chi connectivity index (χ1) is 10.1. The molecule has 1 aromatic carbocycles. The fourth-order valence-corrected chi connectivity index (χ4v) is 1.95. The van der Waals surface area contributed by atoms with Gasteiger partial charge in [-0.05, 0) is 5.56 Å². The number of rotatable bonds is 4. The van der Waals surface area contributed by atoms with Gasteiger partial charge in [-0.2, -0.15) is 0 Å². The molecule has 0 aromatic heterocycles.